The van der Waals surface area contributed by atoms with Crippen molar-refractivity contribution >= 4 is 22.8 Å². The van der Waals surface area contributed by atoms with Gasteiger partial charge in [0.15, 0.2) is 22.9 Å². The van der Waals surface area contributed by atoms with Crippen LogP contribution in [-0.2, 0) is 11.3 Å². The van der Waals surface area contributed by atoms with Crippen molar-refractivity contribution in [1.29, 1.82) is 0 Å². The molecular formula is C23H22N2O6. The number of nitrogens with zero attached hydrogens (tertiary/aromatic N) is 2. The molecule has 0 atom stereocenters. The van der Waals surface area contributed by atoms with E-state index in [0.717, 1.165) is 0 Å². The van der Waals surface area contributed by atoms with Crippen LogP contribution in [0.15, 0.2) is 51.7 Å². The largest absolute Gasteiger partial charge is 0.486 e. The minimum absolute atomic E-state index is 0.0566. The van der Waals surface area contributed by atoms with Gasteiger partial charge in [0.25, 0.3) is 0 Å². The third-order valence-corrected chi connectivity index (χ3v) is 5.91. The molecule has 1 saturated heterocycles. The molecule has 0 spiro atoms. The van der Waals surface area contributed by atoms with Gasteiger partial charge < -0.3 is 18.8 Å². The molecule has 3 aromatic rings. The Morgan fingerprint density at radius 1 is 0.968 bits per heavy atom. The van der Waals surface area contributed by atoms with Crippen LogP contribution < -0.4 is 15.2 Å². The van der Waals surface area contributed by atoms with Crippen molar-refractivity contribution in [3.05, 3.63) is 58.6 Å². The molecule has 8 heteroatoms. The molecule has 0 N–H and O–H groups in total. The van der Waals surface area contributed by atoms with Crippen LogP contribution in [0.1, 0.15) is 23.2 Å². The maximum atomic E-state index is 13.0. The summed E-state index contributed by atoms with van der Waals surface area (Å²) in [6, 6.07) is 12.3. The average molecular weight is 422 g/mol. The third kappa shape index (κ3) is 3.69. The van der Waals surface area contributed by atoms with Gasteiger partial charge in [-0.05, 0) is 43.2 Å². The van der Waals surface area contributed by atoms with Gasteiger partial charge in [0.2, 0.25) is 5.91 Å². The summed E-state index contributed by atoms with van der Waals surface area (Å²) in [7, 11) is 0. The summed E-state index contributed by atoms with van der Waals surface area (Å²) < 4.78 is 17.6. The molecule has 3 heterocycles. The first-order valence-corrected chi connectivity index (χ1v) is 10.4. The second kappa shape index (κ2) is 7.94. The minimum atomic E-state index is -0.543. The van der Waals surface area contributed by atoms with E-state index in [1.165, 1.54) is 4.57 Å². The zero-order valence-electron chi connectivity index (χ0n) is 16.9. The van der Waals surface area contributed by atoms with Crippen LogP contribution in [0.5, 0.6) is 11.5 Å². The zero-order chi connectivity index (χ0) is 21.4. The van der Waals surface area contributed by atoms with Crippen LogP contribution in [-0.4, -0.2) is 47.5 Å². The molecule has 5 rings (SSSR count). The molecule has 2 aliphatic rings. The third-order valence-electron chi connectivity index (χ3n) is 5.91. The first kappa shape index (κ1) is 19.4. The minimum Gasteiger partial charge on any atom is -0.486 e. The van der Waals surface area contributed by atoms with Crippen molar-refractivity contribution in [2.75, 3.05) is 26.3 Å². The predicted molar refractivity (Wildman–Crippen MR) is 112 cm³/mol. The van der Waals surface area contributed by atoms with E-state index in [9.17, 15) is 14.4 Å². The van der Waals surface area contributed by atoms with Crippen molar-refractivity contribution in [2.24, 2.45) is 5.92 Å². The number of hydrogen-bond acceptors (Lipinski definition) is 6. The van der Waals surface area contributed by atoms with Crippen LogP contribution in [0.25, 0.3) is 11.1 Å². The van der Waals surface area contributed by atoms with Crippen LogP contribution >= 0.6 is 0 Å². The Morgan fingerprint density at radius 2 is 1.71 bits per heavy atom. The topological polar surface area (TPSA) is 91.0 Å². The fraction of sp³-hybridized carbons (Fsp3) is 0.348. The highest BCUT2D eigenvalue weighted by Crippen LogP contribution is 2.32. The summed E-state index contributed by atoms with van der Waals surface area (Å²) in [6.45, 7) is 1.86. The zero-order valence-corrected chi connectivity index (χ0v) is 16.9. The summed E-state index contributed by atoms with van der Waals surface area (Å²) in [5, 5.41) is 0. The number of likely N-dealkylation sites (tertiary alicyclic amines) is 1. The van der Waals surface area contributed by atoms with E-state index in [1.54, 1.807) is 47.4 Å². The standard InChI is InChI=1S/C23H22N2O6/c26-21(14-25-17-3-1-2-4-18(17)31-23(25)28)24-9-7-15(8-10-24)22(27)16-5-6-19-20(13-16)30-12-11-29-19/h1-6,13,15H,7-12,14H2. The number of ether oxygens (including phenoxy) is 2. The Morgan fingerprint density at radius 3 is 2.52 bits per heavy atom. The average Bonchev–Trinajstić information content (AvgIpc) is 3.13. The molecule has 0 aliphatic carbocycles. The number of rotatable bonds is 4. The van der Waals surface area contributed by atoms with Crippen molar-refractivity contribution in [2.45, 2.75) is 19.4 Å². The molecule has 2 aliphatic heterocycles. The fourth-order valence-electron chi connectivity index (χ4n) is 4.22. The number of aromatic nitrogens is 1. The highest BCUT2D eigenvalue weighted by Gasteiger charge is 2.29. The molecular weight excluding hydrogens is 400 g/mol. The van der Waals surface area contributed by atoms with Gasteiger partial charge >= 0.3 is 5.76 Å². The van der Waals surface area contributed by atoms with E-state index in [-0.39, 0.29) is 24.2 Å². The lowest BCUT2D eigenvalue weighted by Crippen LogP contribution is -2.42. The Labute approximate surface area is 178 Å². The number of Topliss-reactive ketones (excluding diaryl/α,β-unsaturated/α-hetero) is 1. The Bertz CT molecular complexity index is 1200. The molecule has 1 amide bonds. The van der Waals surface area contributed by atoms with Crippen molar-refractivity contribution in [1.82, 2.24) is 9.47 Å². The van der Waals surface area contributed by atoms with Crippen LogP contribution in [0, 0.1) is 5.92 Å². The van der Waals surface area contributed by atoms with Gasteiger partial charge in [-0.25, -0.2) is 4.79 Å². The first-order valence-electron chi connectivity index (χ1n) is 10.4. The molecule has 8 nitrogen and oxygen atoms in total. The quantitative estimate of drug-likeness (QED) is 0.600. The summed E-state index contributed by atoms with van der Waals surface area (Å²) in [5.74, 6) is 0.468. The van der Waals surface area contributed by atoms with E-state index < -0.39 is 5.76 Å². The number of carbonyl (C=O) groups excluding carboxylic acids is 2. The lowest BCUT2D eigenvalue weighted by molar-refractivity contribution is -0.133. The van der Waals surface area contributed by atoms with Gasteiger partial charge in [-0.2, -0.15) is 0 Å². The molecule has 31 heavy (non-hydrogen) atoms. The lowest BCUT2D eigenvalue weighted by atomic mass is 9.88. The maximum absolute atomic E-state index is 13.0. The summed E-state index contributed by atoms with van der Waals surface area (Å²) in [4.78, 5) is 39.6. The monoisotopic (exact) mass is 422 g/mol. The second-order valence-electron chi connectivity index (χ2n) is 7.80. The van der Waals surface area contributed by atoms with Gasteiger partial charge in [0.05, 0.1) is 5.52 Å². The number of hydrogen-bond donors (Lipinski definition) is 0. The van der Waals surface area contributed by atoms with E-state index in [4.69, 9.17) is 13.9 Å². The normalized spacial score (nSPS) is 16.5. The highest BCUT2D eigenvalue weighted by molar-refractivity contribution is 5.98. The van der Waals surface area contributed by atoms with Gasteiger partial charge in [0, 0.05) is 24.6 Å². The second-order valence-corrected chi connectivity index (χ2v) is 7.80. The lowest BCUT2D eigenvalue weighted by Gasteiger charge is -2.31. The van der Waals surface area contributed by atoms with E-state index in [0.29, 0.717) is 67.3 Å². The molecule has 0 saturated carbocycles. The number of para-hydroxylation sites is 2. The van der Waals surface area contributed by atoms with Crippen LogP contribution in [0.3, 0.4) is 0 Å². The Kier molecular flexibility index (Phi) is 4.97. The molecule has 2 aromatic carbocycles. The molecule has 160 valence electrons. The number of oxazole rings is 1. The number of amides is 1. The molecule has 1 fully saturated rings. The van der Waals surface area contributed by atoms with Crippen LogP contribution in [0.2, 0.25) is 0 Å². The summed E-state index contributed by atoms with van der Waals surface area (Å²) in [6.07, 6.45) is 1.17. The fourth-order valence-corrected chi connectivity index (χ4v) is 4.22. The van der Waals surface area contributed by atoms with Crippen molar-refractivity contribution < 1.29 is 23.5 Å². The molecule has 0 bridgehead atoms. The van der Waals surface area contributed by atoms with Gasteiger partial charge in [-0.15, -0.1) is 0 Å². The van der Waals surface area contributed by atoms with Gasteiger partial charge in [-0.3, -0.25) is 14.2 Å². The number of piperidine rings is 1. The van der Waals surface area contributed by atoms with Crippen LogP contribution in [0.4, 0.5) is 0 Å². The SMILES string of the molecule is O=C(c1ccc2c(c1)OCCO2)C1CCN(C(=O)Cn2c(=O)oc3ccccc32)CC1. The van der Waals surface area contributed by atoms with Gasteiger partial charge in [-0.1, -0.05) is 12.1 Å². The number of benzene rings is 2. The van der Waals surface area contributed by atoms with E-state index in [1.807, 2.05) is 0 Å². The number of ketones is 1. The first-order chi connectivity index (χ1) is 15.1. The maximum Gasteiger partial charge on any atom is 0.420 e. The number of carbonyl (C=O) groups is 2. The molecule has 0 radical (unpaired) electrons. The smallest absolute Gasteiger partial charge is 0.420 e. The molecule has 1 aromatic heterocycles. The Hall–Kier alpha value is -3.55. The van der Waals surface area contributed by atoms with Gasteiger partial charge in [0.1, 0.15) is 19.8 Å². The Balaban J connectivity index is 1.23. The highest BCUT2D eigenvalue weighted by atomic mass is 16.6. The van der Waals surface area contributed by atoms with E-state index >= 15 is 0 Å². The predicted octanol–water partition coefficient (Wildman–Crippen LogP) is 2.49. The summed E-state index contributed by atoms with van der Waals surface area (Å²) >= 11 is 0. The number of fused-ring (bicyclic) bond motifs is 2. The van der Waals surface area contributed by atoms with E-state index in [2.05, 4.69) is 0 Å². The van der Waals surface area contributed by atoms with Crippen molar-refractivity contribution in [3.63, 3.8) is 0 Å². The van der Waals surface area contributed by atoms with Crippen molar-refractivity contribution in [3.8, 4) is 11.5 Å². The molecule has 0 unspecified atom stereocenters. The summed E-state index contributed by atoms with van der Waals surface area (Å²) in [5.41, 5.74) is 1.67.